The molecule has 0 saturated carbocycles. The molecule has 0 aromatic heterocycles. The van der Waals surface area contributed by atoms with Crippen molar-refractivity contribution in [2.45, 2.75) is 43.9 Å². The van der Waals surface area contributed by atoms with Gasteiger partial charge in [-0.3, -0.25) is 4.72 Å². The standard InChI is InChI=1S/C28H32N2O4S/c1-20(2)23-8-11-25(12-9-23)35(33,34)29-27-13-10-24(19-26(27)28(31)32)30-16-14-22(15-17-30)18-21-6-4-3-5-7-21/h3-13,19-20,22,29H,14-18H2,1-2H3,(H,31,32). The first-order valence-electron chi connectivity index (χ1n) is 12.0. The van der Waals surface area contributed by atoms with Gasteiger partial charge in [0.1, 0.15) is 0 Å². The first kappa shape index (κ1) is 24.8. The lowest BCUT2D eigenvalue weighted by Gasteiger charge is -2.34. The van der Waals surface area contributed by atoms with Gasteiger partial charge < -0.3 is 10.0 Å². The first-order valence-corrected chi connectivity index (χ1v) is 13.5. The summed E-state index contributed by atoms with van der Waals surface area (Å²) in [7, 11) is -3.91. The number of hydrogen-bond donors (Lipinski definition) is 2. The maximum absolute atomic E-state index is 12.9. The van der Waals surface area contributed by atoms with Crippen LogP contribution in [0.4, 0.5) is 11.4 Å². The molecular formula is C28H32N2O4S. The van der Waals surface area contributed by atoms with Crippen molar-refractivity contribution < 1.29 is 18.3 Å². The van der Waals surface area contributed by atoms with E-state index in [4.69, 9.17) is 0 Å². The molecule has 0 aliphatic carbocycles. The van der Waals surface area contributed by atoms with Gasteiger partial charge >= 0.3 is 5.97 Å². The largest absolute Gasteiger partial charge is 0.478 e. The fraction of sp³-hybridized carbons (Fsp3) is 0.321. The summed E-state index contributed by atoms with van der Waals surface area (Å²) in [5.74, 6) is -0.284. The van der Waals surface area contributed by atoms with Gasteiger partial charge in [0.15, 0.2) is 0 Å². The number of carboxylic acid groups (broad SMARTS) is 1. The van der Waals surface area contributed by atoms with Gasteiger partial charge in [0.25, 0.3) is 10.0 Å². The van der Waals surface area contributed by atoms with Crippen molar-refractivity contribution in [1.29, 1.82) is 0 Å². The summed E-state index contributed by atoms with van der Waals surface area (Å²) in [5, 5.41) is 9.81. The van der Waals surface area contributed by atoms with Gasteiger partial charge in [0.2, 0.25) is 0 Å². The van der Waals surface area contributed by atoms with Crippen molar-refractivity contribution in [3.05, 3.63) is 89.5 Å². The minimum absolute atomic E-state index is 0.0590. The quantitative estimate of drug-likeness (QED) is 0.417. The second-order valence-corrected chi connectivity index (χ2v) is 11.2. The van der Waals surface area contributed by atoms with Crippen molar-refractivity contribution in [3.63, 3.8) is 0 Å². The van der Waals surface area contributed by atoms with Gasteiger partial charge in [-0.2, -0.15) is 0 Å². The predicted molar refractivity (Wildman–Crippen MR) is 140 cm³/mol. The zero-order valence-electron chi connectivity index (χ0n) is 20.1. The number of rotatable bonds is 8. The van der Waals surface area contributed by atoms with Crippen molar-refractivity contribution in [2.24, 2.45) is 5.92 Å². The Balaban J connectivity index is 1.47. The monoisotopic (exact) mass is 492 g/mol. The highest BCUT2D eigenvalue weighted by Gasteiger charge is 2.23. The smallest absolute Gasteiger partial charge is 0.337 e. The lowest BCUT2D eigenvalue weighted by molar-refractivity contribution is 0.0698. The van der Waals surface area contributed by atoms with Crippen LogP contribution >= 0.6 is 0 Å². The van der Waals surface area contributed by atoms with Crippen LogP contribution in [0.3, 0.4) is 0 Å². The number of piperidine rings is 1. The van der Waals surface area contributed by atoms with E-state index in [1.165, 1.54) is 5.56 Å². The van der Waals surface area contributed by atoms with Crippen LogP contribution in [0.2, 0.25) is 0 Å². The number of hydrogen-bond acceptors (Lipinski definition) is 4. The van der Waals surface area contributed by atoms with Gasteiger partial charge in [-0.15, -0.1) is 0 Å². The minimum atomic E-state index is -3.91. The zero-order valence-corrected chi connectivity index (χ0v) is 21.0. The van der Waals surface area contributed by atoms with E-state index in [0.717, 1.165) is 43.6 Å². The predicted octanol–water partition coefficient (Wildman–Crippen LogP) is 5.77. The summed E-state index contributed by atoms with van der Waals surface area (Å²) in [6.07, 6.45) is 3.10. The molecule has 7 heteroatoms. The van der Waals surface area contributed by atoms with Crippen molar-refractivity contribution >= 4 is 27.4 Å². The van der Waals surface area contributed by atoms with Crippen LogP contribution in [-0.2, 0) is 16.4 Å². The summed E-state index contributed by atoms with van der Waals surface area (Å²) < 4.78 is 28.3. The van der Waals surface area contributed by atoms with E-state index in [-0.39, 0.29) is 22.1 Å². The minimum Gasteiger partial charge on any atom is -0.478 e. The molecule has 0 bridgehead atoms. The Bertz CT molecular complexity index is 1260. The number of carboxylic acids is 1. The van der Waals surface area contributed by atoms with Crippen LogP contribution in [0.5, 0.6) is 0 Å². The van der Waals surface area contributed by atoms with Crippen molar-refractivity contribution in [3.8, 4) is 0 Å². The number of carbonyl (C=O) groups is 1. The molecule has 35 heavy (non-hydrogen) atoms. The molecule has 2 N–H and O–H groups in total. The van der Waals surface area contributed by atoms with Crippen molar-refractivity contribution in [1.82, 2.24) is 0 Å². The molecular weight excluding hydrogens is 460 g/mol. The summed E-state index contributed by atoms with van der Waals surface area (Å²) in [5.41, 5.74) is 3.18. The number of nitrogens with one attached hydrogen (secondary N) is 1. The summed E-state index contributed by atoms with van der Waals surface area (Å²) in [6.45, 7) is 5.75. The molecule has 0 spiro atoms. The van der Waals surface area contributed by atoms with Crippen LogP contribution in [0.15, 0.2) is 77.7 Å². The van der Waals surface area contributed by atoms with Gasteiger partial charge in [-0.05, 0) is 72.6 Å². The van der Waals surface area contributed by atoms with Crippen LogP contribution < -0.4 is 9.62 Å². The van der Waals surface area contributed by atoms with Crippen LogP contribution in [0.1, 0.15) is 54.1 Å². The zero-order chi connectivity index (χ0) is 25.0. The molecule has 3 aromatic carbocycles. The number of sulfonamides is 1. The normalized spacial score (nSPS) is 14.8. The number of benzene rings is 3. The SMILES string of the molecule is CC(C)c1ccc(S(=O)(=O)Nc2ccc(N3CCC(Cc4ccccc4)CC3)cc2C(=O)O)cc1. The summed E-state index contributed by atoms with van der Waals surface area (Å²) in [6, 6.07) is 22.0. The van der Waals surface area contributed by atoms with E-state index in [1.807, 2.05) is 19.9 Å². The molecule has 184 valence electrons. The Hall–Kier alpha value is -3.32. The third-order valence-corrected chi connectivity index (χ3v) is 8.06. The Kier molecular flexibility index (Phi) is 7.45. The van der Waals surface area contributed by atoms with E-state index in [0.29, 0.717) is 5.92 Å². The molecule has 1 saturated heterocycles. The van der Waals surface area contributed by atoms with Crippen LogP contribution in [0.25, 0.3) is 0 Å². The molecule has 4 rings (SSSR count). The number of aromatic carboxylic acids is 1. The fourth-order valence-corrected chi connectivity index (χ4v) is 5.65. The average Bonchev–Trinajstić information content (AvgIpc) is 2.85. The topological polar surface area (TPSA) is 86.7 Å². The molecule has 0 unspecified atom stereocenters. The summed E-state index contributed by atoms with van der Waals surface area (Å²) >= 11 is 0. The van der Waals surface area contributed by atoms with E-state index in [9.17, 15) is 18.3 Å². The maximum atomic E-state index is 12.9. The molecule has 0 atom stereocenters. The van der Waals surface area contributed by atoms with Gasteiger partial charge in [0, 0.05) is 18.8 Å². The van der Waals surface area contributed by atoms with E-state index in [2.05, 4.69) is 33.9 Å². The fourth-order valence-electron chi connectivity index (χ4n) is 4.57. The number of nitrogens with zero attached hydrogens (tertiary/aromatic N) is 1. The highest BCUT2D eigenvalue weighted by Crippen LogP contribution is 2.30. The van der Waals surface area contributed by atoms with E-state index in [1.54, 1.807) is 42.5 Å². The van der Waals surface area contributed by atoms with Gasteiger partial charge in [-0.25, -0.2) is 13.2 Å². The second kappa shape index (κ2) is 10.5. The molecule has 6 nitrogen and oxygen atoms in total. The first-order chi connectivity index (χ1) is 16.7. The molecule has 3 aromatic rings. The molecule has 1 fully saturated rings. The third-order valence-electron chi connectivity index (χ3n) is 6.68. The number of anilines is 2. The van der Waals surface area contributed by atoms with E-state index >= 15 is 0 Å². The highest BCUT2D eigenvalue weighted by molar-refractivity contribution is 7.92. The average molecular weight is 493 g/mol. The molecule has 0 amide bonds. The molecule has 1 heterocycles. The van der Waals surface area contributed by atoms with Gasteiger partial charge in [0.05, 0.1) is 16.1 Å². The lowest BCUT2D eigenvalue weighted by Crippen LogP contribution is -2.34. The van der Waals surface area contributed by atoms with Gasteiger partial charge in [-0.1, -0.05) is 56.3 Å². The van der Waals surface area contributed by atoms with E-state index < -0.39 is 16.0 Å². The molecule has 1 aliphatic rings. The maximum Gasteiger partial charge on any atom is 0.337 e. The Morgan fingerprint density at radius 3 is 2.26 bits per heavy atom. The third kappa shape index (κ3) is 6.03. The second-order valence-electron chi connectivity index (χ2n) is 9.48. The van der Waals surface area contributed by atoms with Crippen molar-refractivity contribution in [2.75, 3.05) is 22.7 Å². The Morgan fingerprint density at radius 2 is 1.66 bits per heavy atom. The van der Waals surface area contributed by atoms with Crippen LogP contribution in [-0.4, -0.2) is 32.6 Å². The Morgan fingerprint density at radius 1 is 1.00 bits per heavy atom. The lowest BCUT2D eigenvalue weighted by atomic mass is 9.90. The van der Waals surface area contributed by atoms with Crippen LogP contribution in [0, 0.1) is 5.92 Å². The Labute approximate surface area is 207 Å². The molecule has 0 radical (unpaired) electrons. The summed E-state index contributed by atoms with van der Waals surface area (Å²) in [4.78, 5) is 14.3. The molecule has 1 aliphatic heterocycles. The highest BCUT2D eigenvalue weighted by atomic mass is 32.2.